The van der Waals surface area contributed by atoms with E-state index in [-0.39, 0.29) is 12.1 Å². The third-order valence-electron chi connectivity index (χ3n) is 2.93. The van der Waals surface area contributed by atoms with Gasteiger partial charge in [0.1, 0.15) is 6.54 Å². The molecule has 0 aliphatic heterocycles. The molecular formula is C14H19F3N2O. The molecule has 112 valence electrons. The number of aryl methyl sites for hydroxylation is 1. The Labute approximate surface area is 116 Å². The molecule has 2 N–H and O–H groups in total. The predicted octanol–water partition coefficient (Wildman–Crippen LogP) is 3.38. The summed E-state index contributed by atoms with van der Waals surface area (Å²) in [7, 11) is 0. The largest absolute Gasteiger partial charge is 0.406 e. The first-order valence-electron chi connectivity index (χ1n) is 6.46. The summed E-state index contributed by atoms with van der Waals surface area (Å²) >= 11 is 0. The van der Waals surface area contributed by atoms with Gasteiger partial charge in [-0.3, -0.25) is 4.79 Å². The molecule has 1 aromatic rings. The van der Waals surface area contributed by atoms with E-state index in [1.54, 1.807) is 19.1 Å². The summed E-state index contributed by atoms with van der Waals surface area (Å²) in [5, 5.41) is 0. The fourth-order valence-electron chi connectivity index (χ4n) is 1.86. The summed E-state index contributed by atoms with van der Waals surface area (Å²) in [6.07, 6.45) is -3.15. The second-order valence-corrected chi connectivity index (χ2v) is 4.77. The molecule has 0 aliphatic rings. The molecule has 6 heteroatoms. The van der Waals surface area contributed by atoms with Gasteiger partial charge < -0.3 is 10.6 Å². The average Bonchev–Trinajstić information content (AvgIpc) is 2.35. The Morgan fingerprint density at radius 2 is 2.00 bits per heavy atom. The van der Waals surface area contributed by atoms with Crippen molar-refractivity contribution in [2.75, 3.05) is 18.8 Å². The van der Waals surface area contributed by atoms with Crippen LogP contribution >= 0.6 is 0 Å². The fraction of sp³-hybridized carbons (Fsp3) is 0.500. The van der Waals surface area contributed by atoms with Crippen LogP contribution in [0.4, 0.5) is 18.9 Å². The zero-order chi connectivity index (χ0) is 15.3. The van der Waals surface area contributed by atoms with Crippen molar-refractivity contribution < 1.29 is 18.0 Å². The van der Waals surface area contributed by atoms with Crippen molar-refractivity contribution in [1.29, 1.82) is 0 Å². The number of benzene rings is 1. The van der Waals surface area contributed by atoms with Crippen LogP contribution in [-0.4, -0.2) is 30.1 Å². The number of nitrogens with two attached hydrogens (primary N) is 1. The van der Waals surface area contributed by atoms with Gasteiger partial charge in [0, 0.05) is 17.8 Å². The number of hydrogen-bond acceptors (Lipinski definition) is 2. The van der Waals surface area contributed by atoms with Crippen molar-refractivity contribution in [3.63, 3.8) is 0 Å². The van der Waals surface area contributed by atoms with Crippen LogP contribution in [0.3, 0.4) is 0 Å². The first-order chi connectivity index (χ1) is 9.24. The highest BCUT2D eigenvalue weighted by molar-refractivity contribution is 5.96. The minimum Gasteiger partial charge on any atom is -0.399 e. The number of unbranched alkanes of at least 4 members (excludes halogenated alkanes) is 1. The Morgan fingerprint density at radius 3 is 2.55 bits per heavy atom. The smallest absolute Gasteiger partial charge is 0.399 e. The van der Waals surface area contributed by atoms with Gasteiger partial charge in [0.25, 0.3) is 5.91 Å². The van der Waals surface area contributed by atoms with E-state index < -0.39 is 18.6 Å². The van der Waals surface area contributed by atoms with Gasteiger partial charge in [-0.25, -0.2) is 0 Å². The molecule has 0 saturated carbocycles. The molecule has 0 heterocycles. The Hall–Kier alpha value is -1.72. The number of nitrogen functional groups attached to an aromatic ring is 1. The van der Waals surface area contributed by atoms with Gasteiger partial charge in [-0.15, -0.1) is 0 Å². The van der Waals surface area contributed by atoms with Crippen LogP contribution in [0.5, 0.6) is 0 Å². The number of carbonyl (C=O) groups excluding carboxylic acids is 1. The zero-order valence-electron chi connectivity index (χ0n) is 11.6. The van der Waals surface area contributed by atoms with Crippen LogP contribution in [-0.2, 0) is 0 Å². The molecule has 20 heavy (non-hydrogen) atoms. The predicted molar refractivity (Wildman–Crippen MR) is 72.5 cm³/mol. The van der Waals surface area contributed by atoms with Gasteiger partial charge in [-0.05, 0) is 31.0 Å². The summed E-state index contributed by atoms with van der Waals surface area (Å²) in [6.45, 7) is 2.39. The molecule has 0 fully saturated rings. The maximum absolute atomic E-state index is 12.6. The standard InChI is InChI=1S/C14H19F3N2O/c1-3-4-7-19(9-14(15,16)17)13(20)12-8-11(18)6-5-10(12)2/h5-6,8H,3-4,7,9,18H2,1-2H3. The molecule has 1 amide bonds. The maximum Gasteiger partial charge on any atom is 0.406 e. The number of carbonyl (C=O) groups is 1. The number of nitrogens with zero attached hydrogens (tertiary/aromatic N) is 1. The van der Waals surface area contributed by atoms with Gasteiger partial charge in [-0.2, -0.15) is 13.2 Å². The van der Waals surface area contributed by atoms with E-state index in [9.17, 15) is 18.0 Å². The molecular weight excluding hydrogens is 269 g/mol. The molecule has 0 atom stereocenters. The van der Waals surface area contributed by atoms with Crippen molar-refractivity contribution in [1.82, 2.24) is 4.90 Å². The van der Waals surface area contributed by atoms with Crippen LogP contribution in [0.25, 0.3) is 0 Å². The average molecular weight is 288 g/mol. The Morgan fingerprint density at radius 1 is 1.35 bits per heavy atom. The summed E-state index contributed by atoms with van der Waals surface area (Å²) in [5.74, 6) is -0.624. The molecule has 0 saturated heterocycles. The van der Waals surface area contributed by atoms with Gasteiger partial charge in [0.2, 0.25) is 0 Å². The van der Waals surface area contributed by atoms with E-state index in [1.165, 1.54) is 6.07 Å². The number of alkyl halides is 3. The quantitative estimate of drug-likeness (QED) is 0.844. The van der Waals surface area contributed by atoms with Gasteiger partial charge in [0.05, 0.1) is 0 Å². The topological polar surface area (TPSA) is 46.3 Å². The first kappa shape index (κ1) is 16.3. The lowest BCUT2D eigenvalue weighted by Gasteiger charge is -2.24. The van der Waals surface area contributed by atoms with E-state index in [1.807, 2.05) is 6.92 Å². The molecule has 1 aromatic carbocycles. The number of halogens is 3. The van der Waals surface area contributed by atoms with E-state index >= 15 is 0 Å². The van der Waals surface area contributed by atoms with Crippen molar-refractivity contribution in [3.05, 3.63) is 29.3 Å². The molecule has 0 spiro atoms. The zero-order valence-corrected chi connectivity index (χ0v) is 11.6. The lowest BCUT2D eigenvalue weighted by Crippen LogP contribution is -2.39. The second kappa shape index (κ2) is 6.63. The van der Waals surface area contributed by atoms with Crippen LogP contribution in [0.15, 0.2) is 18.2 Å². The summed E-state index contributed by atoms with van der Waals surface area (Å²) in [4.78, 5) is 13.1. The van der Waals surface area contributed by atoms with Gasteiger partial charge in [-0.1, -0.05) is 19.4 Å². The number of amides is 1. The SMILES string of the molecule is CCCCN(CC(F)(F)F)C(=O)c1cc(N)ccc1C. The van der Waals surface area contributed by atoms with Gasteiger partial charge in [0.15, 0.2) is 0 Å². The molecule has 3 nitrogen and oxygen atoms in total. The number of hydrogen-bond donors (Lipinski definition) is 1. The third kappa shape index (κ3) is 4.75. The normalized spacial score (nSPS) is 11.4. The number of anilines is 1. The fourth-order valence-corrected chi connectivity index (χ4v) is 1.86. The minimum atomic E-state index is -4.41. The Balaban J connectivity index is 2.99. The summed E-state index contributed by atoms with van der Waals surface area (Å²) in [6, 6.07) is 4.67. The molecule has 0 bridgehead atoms. The number of rotatable bonds is 5. The summed E-state index contributed by atoms with van der Waals surface area (Å²) in [5.41, 5.74) is 6.81. The van der Waals surface area contributed by atoms with Crippen LogP contribution in [0.1, 0.15) is 35.7 Å². The van der Waals surface area contributed by atoms with Gasteiger partial charge >= 0.3 is 6.18 Å². The lowest BCUT2D eigenvalue weighted by molar-refractivity contribution is -0.140. The maximum atomic E-state index is 12.6. The molecule has 0 aliphatic carbocycles. The molecule has 0 unspecified atom stereocenters. The summed E-state index contributed by atoms with van der Waals surface area (Å²) < 4.78 is 37.7. The van der Waals surface area contributed by atoms with Crippen molar-refractivity contribution in [2.24, 2.45) is 0 Å². The highest BCUT2D eigenvalue weighted by atomic mass is 19.4. The highest BCUT2D eigenvalue weighted by Gasteiger charge is 2.33. The minimum absolute atomic E-state index is 0.0864. The monoisotopic (exact) mass is 288 g/mol. The van der Waals surface area contributed by atoms with Crippen LogP contribution < -0.4 is 5.73 Å². The van der Waals surface area contributed by atoms with Crippen molar-refractivity contribution in [2.45, 2.75) is 32.9 Å². The highest BCUT2D eigenvalue weighted by Crippen LogP contribution is 2.21. The molecule has 0 radical (unpaired) electrons. The Bertz CT molecular complexity index is 472. The van der Waals surface area contributed by atoms with Crippen LogP contribution in [0, 0.1) is 6.92 Å². The van der Waals surface area contributed by atoms with Crippen LogP contribution in [0.2, 0.25) is 0 Å². The van der Waals surface area contributed by atoms with E-state index in [0.29, 0.717) is 17.7 Å². The van der Waals surface area contributed by atoms with E-state index in [4.69, 9.17) is 5.73 Å². The molecule has 1 rings (SSSR count). The molecule has 0 aromatic heterocycles. The lowest BCUT2D eigenvalue weighted by atomic mass is 10.1. The Kier molecular flexibility index (Phi) is 5.42. The van der Waals surface area contributed by atoms with Crippen molar-refractivity contribution >= 4 is 11.6 Å². The first-order valence-corrected chi connectivity index (χ1v) is 6.46. The van der Waals surface area contributed by atoms with Crippen molar-refractivity contribution in [3.8, 4) is 0 Å². The third-order valence-corrected chi connectivity index (χ3v) is 2.93. The van der Waals surface area contributed by atoms with E-state index in [0.717, 1.165) is 11.3 Å². The second-order valence-electron chi connectivity index (χ2n) is 4.77. The van der Waals surface area contributed by atoms with E-state index in [2.05, 4.69) is 0 Å².